The summed E-state index contributed by atoms with van der Waals surface area (Å²) in [6, 6.07) is 0. The Labute approximate surface area is 179 Å². The Morgan fingerprint density at radius 3 is 1.64 bits per heavy atom. The summed E-state index contributed by atoms with van der Waals surface area (Å²) in [4.78, 5) is 0. The first-order chi connectivity index (χ1) is 13.6. The van der Waals surface area contributed by atoms with Crippen molar-refractivity contribution in [3.8, 4) is 0 Å². The Morgan fingerprint density at radius 2 is 1.21 bits per heavy atom. The molecule has 0 bridgehead atoms. The van der Waals surface area contributed by atoms with E-state index in [4.69, 9.17) is 9.05 Å². The lowest BCUT2D eigenvalue weighted by molar-refractivity contribution is 0.190. The largest absolute Gasteiger partial charge is 0.392 e. The van der Waals surface area contributed by atoms with Crippen molar-refractivity contribution in [2.75, 3.05) is 31.9 Å². The van der Waals surface area contributed by atoms with Crippen LogP contribution in [0, 0.1) is 0 Å². The van der Waals surface area contributed by atoms with Gasteiger partial charge in [-0.3, -0.25) is 4.57 Å². The molecule has 0 aromatic carbocycles. The van der Waals surface area contributed by atoms with Crippen molar-refractivity contribution in [1.82, 2.24) is 0 Å². The van der Waals surface area contributed by atoms with E-state index in [2.05, 4.69) is 6.92 Å². The number of aliphatic hydroxyl groups is 1. The first-order valence-electron chi connectivity index (χ1n) is 11.5. The maximum Gasteiger partial charge on any atom is 0.330 e. The molecule has 0 aliphatic heterocycles. The van der Waals surface area contributed by atoms with E-state index < -0.39 is 13.7 Å². The first kappa shape index (κ1) is 28.5. The number of rotatable bonds is 22. The highest BCUT2D eigenvalue weighted by atomic mass is 32.2. The Hall–Kier alpha value is 0.460. The smallest absolute Gasteiger partial charge is 0.330 e. The molecule has 0 aromatic rings. The lowest BCUT2D eigenvalue weighted by Crippen LogP contribution is -2.13. The van der Waals surface area contributed by atoms with Crippen LogP contribution in [0.15, 0.2) is 0 Å². The summed E-state index contributed by atoms with van der Waals surface area (Å²) in [6.07, 6.45) is 19.7. The van der Waals surface area contributed by atoms with E-state index in [1.54, 1.807) is 11.8 Å². The molecule has 0 saturated heterocycles. The molecule has 1 N–H and O–H groups in total. The molecule has 0 fully saturated rings. The monoisotopic (exact) mass is 438 g/mol. The molecule has 0 spiro atoms. The summed E-state index contributed by atoms with van der Waals surface area (Å²) in [5.41, 5.74) is 0. The van der Waals surface area contributed by atoms with E-state index in [1.807, 2.05) is 0 Å². The highest BCUT2D eigenvalue weighted by Crippen LogP contribution is 2.47. The van der Waals surface area contributed by atoms with Crippen molar-refractivity contribution in [3.63, 3.8) is 0 Å². The lowest BCUT2D eigenvalue weighted by Gasteiger charge is -2.15. The maximum absolute atomic E-state index is 11.9. The number of aliphatic hydroxyl groups excluding tert-OH is 1. The minimum Gasteiger partial charge on any atom is -0.392 e. The molecule has 0 saturated carbocycles. The summed E-state index contributed by atoms with van der Waals surface area (Å²) in [5.74, 6) is 1.80. The Morgan fingerprint density at radius 1 is 0.786 bits per heavy atom. The molecule has 4 nitrogen and oxygen atoms in total. The van der Waals surface area contributed by atoms with Crippen LogP contribution < -0.4 is 0 Å². The molecule has 0 unspecified atom stereocenters. The fourth-order valence-corrected chi connectivity index (χ4v) is 5.41. The van der Waals surface area contributed by atoms with Crippen molar-refractivity contribution in [2.45, 2.75) is 109 Å². The van der Waals surface area contributed by atoms with Crippen LogP contribution in [0.5, 0.6) is 0 Å². The van der Waals surface area contributed by atoms with Gasteiger partial charge in [0.2, 0.25) is 0 Å². The number of unbranched alkanes of at least 4 members (excludes halogenated alkanes) is 13. The third-order valence-corrected chi connectivity index (χ3v) is 8.36. The van der Waals surface area contributed by atoms with Gasteiger partial charge in [-0.25, -0.2) is 0 Å². The standard InChI is InChI=1S/C22H47O4PS/c1-4-5-6-7-8-9-10-11-12-13-14-15-16-17-20-28-21-22(23)18-19-27(24,25-2)26-3/h22-23H,4-21H2,1-3H3/t22-/m1/s1. The van der Waals surface area contributed by atoms with Crippen molar-refractivity contribution in [2.24, 2.45) is 0 Å². The molecule has 0 aliphatic rings. The molecule has 28 heavy (non-hydrogen) atoms. The second-order valence-electron chi connectivity index (χ2n) is 7.81. The zero-order valence-corrected chi connectivity index (χ0v) is 20.5. The van der Waals surface area contributed by atoms with Gasteiger partial charge < -0.3 is 14.2 Å². The molecule has 0 heterocycles. The second-order valence-corrected chi connectivity index (χ2v) is 11.4. The van der Waals surface area contributed by atoms with Crippen LogP contribution in [0.3, 0.4) is 0 Å². The summed E-state index contributed by atoms with van der Waals surface area (Å²) >= 11 is 1.79. The molecule has 0 aliphatic carbocycles. The second kappa shape index (κ2) is 20.7. The minimum atomic E-state index is -2.98. The van der Waals surface area contributed by atoms with Crippen LogP contribution in [0.1, 0.15) is 103 Å². The van der Waals surface area contributed by atoms with E-state index in [1.165, 1.54) is 104 Å². The van der Waals surface area contributed by atoms with Gasteiger partial charge in [-0.05, 0) is 18.6 Å². The van der Waals surface area contributed by atoms with E-state index >= 15 is 0 Å². The van der Waals surface area contributed by atoms with Gasteiger partial charge in [-0.15, -0.1) is 0 Å². The molecule has 170 valence electrons. The van der Waals surface area contributed by atoms with Crippen LogP contribution in [-0.2, 0) is 13.6 Å². The Balaban J connectivity index is 3.26. The van der Waals surface area contributed by atoms with Crippen LogP contribution in [0.4, 0.5) is 0 Å². The highest BCUT2D eigenvalue weighted by Gasteiger charge is 2.22. The number of thioether (sulfide) groups is 1. The van der Waals surface area contributed by atoms with Gasteiger partial charge in [-0.2, -0.15) is 11.8 Å². The SMILES string of the molecule is CCCCCCCCCCCCCCCCSC[C@H](O)CCP(=O)(OC)OC. The summed E-state index contributed by atoms with van der Waals surface area (Å²) in [6.45, 7) is 2.28. The lowest BCUT2D eigenvalue weighted by atomic mass is 10.0. The normalized spacial score (nSPS) is 13.1. The predicted molar refractivity (Wildman–Crippen MR) is 125 cm³/mol. The Bertz CT molecular complexity index is 360. The Kier molecular flexibility index (Phi) is 21.1. The van der Waals surface area contributed by atoms with Crippen LogP contribution in [0.2, 0.25) is 0 Å². The average Bonchev–Trinajstić information content (AvgIpc) is 2.71. The topological polar surface area (TPSA) is 55.8 Å². The van der Waals surface area contributed by atoms with Gasteiger partial charge in [-0.1, -0.05) is 90.4 Å². The van der Waals surface area contributed by atoms with E-state index in [-0.39, 0.29) is 6.16 Å². The zero-order chi connectivity index (χ0) is 20.9. The van der Waals surface area contributed by atoms with Crippen LogP contribution >= 0.6 is 19.4 Å². The molecule has 1 atom stereocenters. The number of hydrogen-bond donors (Lipinski definition) is 1. The van der Waals surface area contributed by atoms with Gasteiger partial charge in [0, 0.05) is 20.0 Å². The molecular formula is C22H47O4PS. The van der Waals surface area contributed by atoms with E-state index in [0.717, 1.165) is 5.75 Å². The predicted octanol–water partition coefficient (Wildman–Crippen LogP) is 7.44. The van der Waals surface area contributed by atoms with Crippen molar-refractivity contribution in [3.05, 3.63) is 0 Å². The van der Waals surface area contributed by atoms with Crippen LogP contribution in [0.25, 0.3) is 0 Å². The quantitative estimate of drug-likeness (QED) is 0.141. The van der Waals surface area contributed by atoms with Gasteiger partial charge in [0.25, 0.3) is 0 Å². The molecule has 0 radical (unpaired) electrons. The molecule has 6 heteroatoms. The van der Waals surface area contributed by atoms with Crippen LogP contribution in [-0.4, -0.2) is 43.1 Å². The third kappa shape index (κ3) is 18.5. The van der Waals surface area contributed by atoms with Gasteiger partial charge >= 0.3 is 7.60 Å². The van der Waals surface area contributed by atoms with E-state index in [9.17, 15) is 9.67 Å². The fourth-order valence-electron chi connectivity index (χ4n) is 3.27. The third-order valence-electron chi connectivity index (χ3n) is 5.24. The molecule has 0 rings (SSSR count). The minimum absolute atomic E-state index is 0.278. The molecule has 0 aromatic heterocycles. The first-order valence-corrected chi connectivity index (χ1v) is 14.4. The number of hydrogen-bond acceptors (Lipinski definition) is 5. The summed E-state index contributed by atoms with van der Waals surface area (Å²) < 4.78 is 21.7. The summed E-state index contributed by atoms with van der Waals surface area (Å²) in [7, 11) is -0.201. The van der Waals surface area contributed by atoms with Gasteiger partial charge in [0.15, 0.2) is 0 Å². The molecular weight excluding hydrogens is 391 g/mol. The average molecular weight is 439 g/mol. The van der Waals surface area contributed by atoms with E-state index in [0.29, 0.717) is 12.2 Å². The van der Waals surface area contributed by atoms with Crippen molar-refractivity contribution in [1.29, 1.82) is 0 Å². The summed E-state index contributed by atoms with van der Waals surface area (Å²) in [5, 5.41) is 9.97. The van der Waals surface area contributed by atoms with Gasteiger partial charge in [0.05, 0.1) is 12.3 Å². The van der Waals surface area contributed by atoms with Crippen molar-refractivity contribution < 1.29 is 18.7 Å². The molecule has 0 amide bonds. The highest BCUT2D eigenvalue weighted by molar-refractivity contribution is 7.99. The fraction of sp³-hybridized carbons (Fsp3) is 1.00. The van der Waals surface area contributed by atoms with Gasteiger partial charge in [0.1, 0.15) is 0 Å². The zero-order valence-electron chi connectivity index (χ0n) is 18.8. The van der Waals surface area contributed by atoms with Crippen molar-refractivity contribution >= 4 is 19.4 Å². The maximum atomic E-state index is 11.9.